The van der Waals surface area contributed by atoms with Crippen molar-refractivity contribution in [1.82, 2.24) is 0 Å². The summed E-state index contributed by atoms with van der Waals surface area (Å²) < 4.78 is 5.55. The van der Waals surface area contributed by atoms with Crippen LogP contribution in [0.15, 0.2) is 24.3 Å². The lowest BCUT2D eigenvalue weighted by Crippen LogP contribution is -2.19. The van der Waals surface area contributed by atoms with Crippen molar-refractivity contribution in [2.45, 2.75) is 32.8 Å². The van der Waals surface area contributed by atoms with Gasteiger partial charge in [0.25, 0.3) is 0 Å². The maximum atomic E-state index is 5.86. The number of hydrogen-bond donors (Lipinski definition) is 1. The molecule has 3 heteroatoms. The SMILES string of the molecule is CC(C)OCCC(CN)Cc1ccc(Cl)cc1. The summed E-state index contributed by atoms with van der Waals surface area (Å²) in [6, 6.07) is 7.98. The predicted molar refractivity (Wildman–Crippen MR) is 73.4 cm³/mol. The van der Waals surface area contributed by atoms with Crippen LogP contribution in [0.2, 0.25) is 5.02 Å². The monoisotopic (exact) mass is 255 g/mol. The van der Waals surface area contributed by atoms with Crippen LogP contribution < -0.4 is 5.73 Å². The molecule has 1 aromatic rings. The van der Waals surface area contributed by atoms with Crippen molar-refractivity contribution in [3.63, 3.8) is 0 Å². The summed E-state index contributed by atoms with van der Waals surface area (Å²) >= 11 is 5.86. The summed E-state index contributed by atoms with van der Waals surface area (Å²) in [5.41, 5.74) is 7.07. The summed E-state index contributed by atoms with van der Waals surface area (Å²) in [7, 11) is 0. The minimum atomic E-state index is 0.295. The number of halogens is 1. The summed E-state index contributed by atoms with van der Waals surface area (Å²) in [6.45, 7) is 5.59. The molecule has 0 amide bonds. The Morgan fingerprint density at radius 1 is 1.24 bits per heavy atom. The van der Waals surface area contributed by atoms with Gasteiger partial charge in [-0.2, -0.15) is 0 Å². The topological polar surface area (TPSA) is 35.2 Å². The fourth-order valence-corrected chi connectivity index (χ4v) is 1.85. The van der Waals surface area contributed by atoms with Crippen molar-refractivity contribution in [2.24, 2.45) is 11.7 Å². The maximum absolute atomic E-state index is 5.86. The van der Waals surface area contributed by atoms with E-state index in [0.29, 0.717) is 18.6 Å². The van der Waals surface area contributed by atoms with Crippen LogP contribution in [-0.2, 0) is 11.2 Å². The van der Waals surface area contributed by atoms with Crippen molar-refractivity contribution in [1.29, 1.82) is 0 Å². The average Bonchev–Trinajstić information content (AvgIpc) is 2.30. The van der Waals surface area contributed by atoms with E-state index in [1.807, 2.05) is 12.1 Å². The normalized spacial score (nSPS) is 13.0. The molecule has 1 unspecified atom stereocenters. The molecule has 0 radical (unpaired) electrons. The van der Waals surface area contributed by atoms with Crippen LogP contribution in [-0.4, -0.2) is 19.3 Å². The molecular formula is C14H22ClNO. The summed E-state index contributed by atoms with van der Waals surface area (Å²) in [5, 5.41) is 0.779. The zero-order valence-electron chi connectivity index (χ0n) is 10.7. The highest BCUT2D eigenvalue weighted by molar-refractivity contribution is 6.30. The minimum absolute atomic E-state index is 0.295. The smallest absolute Gasteiger partial charge is 0.0518 e. The van der Waals surface area contributed by atoms with Crippen LogP contribution in [0, 0.1) is 5.92 Å². The fourth-order valence-electron chi connectivity index (χ4n) is 1.73. The van der Waals surface area contributed by atoms with Gasteiger partial charge in [0.05, 0.1) is 6.10 Å². The first-order valence-electron chi connectivity index (χ1n) is 6.18. The first kappa shape index (κ1) is 14.5. The Balaban J connectivity index is 2.38. The molecular weight excluding hydrogens is 234 g/mol. The Morgan fingerprint density at radius 2 is 1.88 bits per heavy atom. The van der Waals surface area contributed by atoms with Crippen LogP contribution in [0.5, 0.6) is 0 Å². The zero-order valence-corrected chi connectivity index (χ0v) is 11.4. The van der Waals surface area contributed by atoms with Crippen LogP contribution >= 0.6 is 11.6 Å². The largest absolute Gasteiger partial charge is 0.379 e. The molecule has 17 heavy (non-hydrogen) atoms. The van der Waals surface area contributed by atoms with Gasteiger partial charge in [0, 0.05) is 11.6 Å². The lowest BCUT2D eigenvalue weighted by Gasteiger charge is -2.16. The lowest BCUT2D eigenvalue weighted by molar-refractivity contribution is 0.0690. The first-order valence-corrected chi connectivity index (χ1v) is 6.55. The molecule has 0 aliphatic carbocycles. The van der Waals surface area contributed by atoms with Gasteiger partial charge in [-0.3, -0.25) is 0 Å². The number of hydrogen-bond acceptors (Lipinski definition) is 2. The van der Waals surface area contributed by atoms with Gasteiger partial charge in [-0.25, -0.2) is 0 Å². The van der Waals surface area contributed by atoms with Gasteiger partial charge in [0.1, 0.15) is 0 Å². The third-order valence-corrected chi connectivity index (χ3v) is 3.00. The molecule has 0 heterocycles. The predicted octanol–water partition coefficient (Wildman–Crippen LogP) is 3.27. The molecule has 1 atom stereocenters. The molecule has 0 fully saturated rings. The van der Waals surface area contributed by atoms with E-state index in [2.05, 4.69) is 26.0 Å². The van der Waals surface area contributed by atoms with Crippen molar-refractivity contribution in [3.8, 4) is 0 Å². The van der Waals surface area contributed by atoms with Gasteiger partial charge < -0.3 is 10.5 Å². The highest BCUT2D eigenvalue weighted by Crippen LogP contribution is 2.15. The van der Waals surface area contributed by atoms with E-state index < -0.39 is 0 Å². The summed E-state index contributed by atoms with van der Waals surface area (Å²) in [5.74, 6) is 0.481. The first-order chi connectivity index (χ1) is 8.11. The average molecular weight is 256 g/mol. The van der Waals surface area contributed by atoms with Crippen molar-refractivity contribution >= 4 is 11.6 Å². The quantitative estimate of drug-likeness (QED) is 0.812. The molecule has 2 nitrogen and oxygen atoms in total. The van der Waals surface area contributed by atoms with Crippen LogP contribution in [0.4, 0.5) is 0 Å². The molecule has 0 saturated carbocycles. The molecule has 0 saturated heterocycles. The second kappa shape index (κ2) is 7.70. The maximum Gasteiger partial charge on any atom is 0.0518 e. The Kier molecular flexibility index (Phi) is 6.56. The zero-order chi connectivity index (χ0) is 12.7. The van der Waals surface area contributed by atoms with Gasteiger partial charge in [0.15, 0.2) is 0 Å². The van der Waals surface area contributed by atoms with Gasteiger partial charge in [0.2, 0.25) is 0 Å². The standard InChI is InChI=1S/C14H22ClNO/c1-11(2)17-8-7-13(10-16)9-12-3-5-14(15)6-4-12/h3-6,11,13H,7-10,16H2,1-2H3. The van der Waals surface area contributed by atoms with E-state index in [-0.39, 0.29) is 0 Å². The number of benzene rings is 1. The second-order valence-electron chi connectivity index (χ2n) is 4.64. The van der Waals surface area contributed by atoms with Crippen molar-refractivity contribution < 1.29 is 4.74 Å². The number of ether oxygens (including phenoxy) is 1. The molecule has 0 aliphatic rings. The van der Waals surface area contributed by atoms with Gasteiger partial charge in [-0.15, -0.1) is 0 Å². The summed E-state index contributed by atoms with van der Waals surface area (Å²) in [6.07, 6.45) is 2.30. The van der Waals surface area contributed by atoms with Crippen molar-refractivity contribution in [2.75, 3.05) is 13.2 Å². The van der Waals surface area contributed by atoms with Crippen LogP contribution in [0.3, 0.4) is 0 Å². The third kappa shape index (κ3) is 6.06. The molecule has 0 bridgehead atoms. The molecule has 0 aromatic heterocycles. The number of rotatable bonds is 7. The van der Waals surface area contributed by atoms with E-state index in [9.17, 15) is 0 Å². The second-order valence-corrected chi connectivity index (χ2v) is 5.08. The molecule has 2 N–H and O–H groups in total. The highest BCUT2D eigenvalue weighted by Gasteiger charge is 2.08. The minimum Gasteiger partial charge on any atom is -0.379 e. The van der Waals surface area contributed by atoms with Crippen LogP contribution in [0.25, 0.3) is 0 Å². The van der Waals surface area contributed by atoms with E-state index >= 15 is 0 Å². The van der Waals surface area contributed by atoms with Crippen molar-refractivity contribution in [3.05, 3.63) is 34.9 Å². The fraction of sp³-hybridized carbons (Fsp3) is 0.571. The molecule has 0 aliphatic heterocycles. The lowest BCUT2D eigenvalue weighted by atomic mass is 9.97. The van der Waals surface area contributed by atoms with Crippen LogP contribution in [0.1, 0.15) is 25.8 Å². The Morgan fingerprint density at radius 3 is 2.41 bits per heavy atom. The van der Waals surface area contributed by atoms with E-state index in [0.717, 1.165) is 24.5 Å². The molecule has 1 aromatic carbocycles. The molecule has 1 rings (SSSR count). The number of nitrogens with two attached hydrogens (primary N) is 1. The van der Waals surface area contributed by atoms with E-state index in [4.69, 9.17) is 22.1 Å². The molecule has 0 spiro atoms. The third-order valence-electron chi connectivity index (χ3n) is 2.75. The Labute approximate surface area is 109 Å². The van der Waals surface area contributed by atoms with E-state index in [1.54, 1.807) is 0 Å². The highest BCUT2D eigenvalue weighted by atomic mass is 35.5. The van der Waals surface area contributed by atoms with Gasteiger partial charge in [-0.1, -0.05) is 23.7 Å². The Hall–Kier alpha value is -0.570. The van der Waals surface area contributed by atoms with Gasteiger partial charge >= 0.3 is 0 Å². The summed E-state index contributed by atoms with van der Waals surface area (Å²) in [4.78, 5) is 0. The van der Waals surface area contributed by atoms with Gasteiger partial charge in [-0.05, 0) is 56.8 Å². The molecule has 96 valence electrons. The Bertz CT molecular complexity index is 311. The van der Waals surface area contributed by atoms with E-state index in [1.165, 1.54) is 5.56 Å².